The molecule has 18 heavy (non-hydrogen) atoms. The minimum atomic E-state index is -1.15. The Morgan fingerprint density at radius 2 is 2.17 bits per heavy atom. The molecular formula is C12H9NO5. The number of carboxylic acid groups (broad SMARTS) is 1. The van der Waals surface area contributed by atoms with Crippen LogP contribution in [0.5, 0.6) is 11.5 Å². The van der Waals surface area contributed by atoms with Crippen LogP contribution in [0, 0.1) is 6.92 Å². The van der Waals surface area contributed by atoms with Crippen molar-refractivity contribution in [3.05, 3.63) is 29.5 Å². The Labute approximate surface area is 102 Å². The number of aromatic nitrogens is 1. The maximum atomic E-state index is 10.7. The molecule has 6 heteroatoms. The van der Waals surface area contributed by atoms with Crippen LogP contribution >= 0.6 is 0 Å². The summed E-state index contributed by atoms with van der Waals surface area (Å²) in [5.74, 6) is -0.00267. The lowest BCUT2D eigenvalue weighted by Crippen LogP contribution is -1.93. The van der Waals surface area contributed by atoms with E-state index in [1.54, 1.807) is 6.07 Å². The zero-order chi connectivity index (χ0) is 12.7. The van der Waals surface area contributed by atoms with Crippen LogP contribution in [0.1, 0.15) is 16.1 Å². The highest BCUT2D eigenvalue weighted by atomic mass is 16.7. The van der Waals surface area contributed by atoms with Crippen LogP contribution < -0.4 is 9.47 Å². The van der Waals surface area contributed by atoms with Crippen molar-refractivity contribution in [2.24, 2.45) is 0 Å². The molecule has 92 valence electrons. The van der Waals surface area contributed by atoms with Gasteiger partial charge in [0.15, 0.2) is 11.5 Å². The highest BCUT2D eigenvalue weighted by Gasteiger charge is 2.19. The minimum Gasteiger partial charge on any atom is -0.475 e. The van der Waals surface area contributed by atoms with Gasteiger partial charge in [-0.2, -0.15) is 0 Å². The second-order valence-electron chi connectivity index (χ2n) is 3.91. The van der Waals surface area contributed by atoms with Crippen LogP contribution in [0.3, 0.4) is 0 Å². The molecule has 0 radical (unpaired) electrons. The number of nitrogens with zero attached hydrogens (tertiary/aromatic N) is 1. The molecule has 1 aliphatic rings. The van der Waals surface area contributed by atoms with Gasteiger partial charge in [0.25, 0.3) is 0 Å². The SMILES string of the molecule is Cc1cc(-c2cc(C(=O)O)on2)cc2c1OCO2. The van der Waals surface area contributed by atoms with Gasteiger partial charge in [0, 0.05) is 11.6 Å². The van der Waals surface area contributed by atoms with E-state index in [9.17, 15) is 4.79 Å². The fourth-order valence-corrected chi connectivity index (χ4v) is 1.85. The average Bonchev–Trinajstić information content (AvgIpc) is 2.97. The third-order valence-electron chi connectivity index (χ3n) is 2.67. The fraction of sp³-hybridized carbons (Fsp3) is 0.167. The number of ether oxygens (including phenoxy) is 2. The topological polar surface area (TPSA) is 81.8 Å². The summed E-state index contributed by atoms with van der Waals surface area (Å²) in [6.07, 6.45) is 0. The molecule has 0 saturated heterocycles. The van der Waals surface area contributed by atoms with Crippen molar-refractivity contribution in [1.29, 1.82) is 0 Å². The van der Waals surface area contributed by atoms with E-state index in [2.05, 4.69) is 5.16 Å². The van der Waals surface area contributed by atoms with Crippen molar-refractivity contribution in [3.8, 4) is 22.8 Å². The van der Waals surface area contributed by atoms with E-state index in [1.165, 1.54) is 6.07 Å². The molecule has 0 spiro atoms. The van der Waals surface area contributed by atoms with Gasteiger partial charge >= 0.3 is 5.97 Å². The first-order chi connectivity index (χ1) is 8.65. The molecule has 1 aromatic heterocycles. The zero-order valence-corrected chi connectivity index (χ0v) is 9.47. The normalized spacial score (nSPS) is 12.7. The molecule has 0 unspecified atom stereocenters. The number of aryl methyl sites for hydroxylation is 1. The van der Waals surface area contributed by atoms with Crippen LogP contribution in [0.25, 0.3) is 11.3 Å². The first kappa shape index (κ1) is 10.6. The lowest BCUT2D eigenvalue weighted by molar-refractivity contribution is 0.0652. The largest absolute Gasteiger partial charge is 0.475 e. The molecule has 6 nitrogen and oxygen atoms in total. The van der Waals surface area contributed by atoms with E-state index < -0.39 is 5.97 Å². The summed E-state index contributed by atoms with van der Waals surface area (Å²) in [6.45, 7) is 2.08. The monoisotopic (exact) mass is 247 g/mol. The van der Waals surface area contributed by atoms with Crippen molar-refractivity contribution in [1.82, 2.24) is 5.16 Å². The van der Waals surface area contributed by atoms with Crippen molar-refractivity contribution >= 4 is 5.97 Å². The summed E-state index contributed by atoms with van der Waals surface area (Å²) in [5, 5.41) is 12.5. The minimum absolute atomic E-state index is 0.193. The zero-order valence-electron chi connectivity index (χ0n) is 9.47. The van der Waals surface area contributed by atoms with Gasteiger partial charge in [0.05, 0.1) is 0 Å². The Bertz CT molecular complexity index is 631. The number of hydrogen-bond acceptors (Lipinski definition) is 5. The van der Waals surface area contributed by atoms with Gasteiger partial charge in [-0.05, 0) is 24.6 Å². The average molecular weight is 247 g/mol. The summed E-state index contributed by atoms with van der Waals surface area (Å²) < 4.78 is 15.3. The summed E-state index contributed by atoms with van der Waals surface area (Å²) >= 11 is 0. The number of carbonyl (C=O) groups is 1. The molecule has 0 atom stereocenters. The summed E-state index contributed by atoms with van der Waals surface area (Å²) in [7, 11) is 0. The Morgan fingerprint density at radius 1 is 1.33 bits per heavy atom. The maximum Gasteiger partial charge on any atom is 0.374 e. The van der Waals surface area contributed by atoms with Crippen LogP contribution in [-0.4, -0.2) is 23.0 Å². The second kappa shape index (κ2) is 3.76. The third kappa shape index (κ3) is 1.58. The number of aromatic carboxylic acids is 1. The number of hydrogen-bond donors (Lipinski definition) is 1. The van der Waals surface area contributed by atoms with Gasteiger partial charge in [-0.3, -0.25) is 0 Å². The molecule has 0 aliphatic carbocycles. The van der Waals surface area contributed by atoms with E-state index in [4.69, 9.17) is 19.1 Å². The Morgan fingerprint density at radius 3 is 2.89 bits per heavy atom. The van der Waals surface area contributed by atoms with E-state index in [0.717, 1.165) is 11.1 Å². The number of carboxylic acids is 1. The highest BCUT2D eigenvalue weighted by Crippen LogP contribution is 2.39. The van der Waals surface area contributed by atoms with Gasteiger partial charge in [-0.1, -0.05) is 5.16 Å². The number of rotatable bonds is 2. The van der Waals surface area contributed by atoms with Crippen molar-refractivity contribution in [2.75, 3.05) is 6.79 Å². The van der Waals surface area contributed by atoms with Crippen molar-refractivity contribution < 1.29 is 23.9 Å². The Kier molecular flexibility index (Phi) is 2.22. The fourth-order valence-electron chi connectivity index (χ4n) is 1.85. The predicted octanol–water partition coefficient (Wildman–Crippen LogP) is 2.08. The molecule has 1 N–H and O–H groups in total. The van der Waals surface area contributed by atoms with Crippen LogP contribution in [0.4, 0.5) is 0 Å². The standard InChI is InChI=1S/C12H9NO5/c1-6-2-7(3-9-11(6)17-5-16-9)8-4-10(12(14)15)18-13-8/h2-4H,5H2,1H3,(H,14,15). The van der Waals surface area contributed by atoms with E-state index in [0.29, 0.717) is 17.2 Å². The lowest BCUT2D eigenvalue weighted by Gasteiger charge is -2.03. The van der Waals surface area contributed by atoms with Crippen molar-refractivity contribution in [3.63, 3.8) is 0 Å². The van der Waals surface area contributed by atoms with Gasteiger partial charge in [-0.15, -0.1) is 0 Å². The molecule has 2 aromatic rings. The highest BCUT2D eigenvalue weighted by molar-refractivity contribution is 5.85. The maximum absolute atomic E-state index is 10.7. The second-order valence-corrected chi connectivity index (χ2v) is 3.91. The van der Waals surface area contributed by atoms with Gasteiger partial charge in [0.2, 0.25) is 12.6 Å². The summed E-state index contributed by atoms with van der Waals surface area (Å²) in [5.41, 5.74) is 2.08. The van der Waals surface area contributed by atoms with Gasteiger partial charge < -0.3 is 19.1 Å². The predicted molar refractivity (Wildman–Crippen MR) is 59.8 cm³/mol. The molecule has 0 saturated carbocycles. The first-order valence-electron chi connectivity index (χ1n) is 5.26. The Hall–Kier alpha value is -2.50. The Balaban J connectivity index is 2.06. The van der Waals surface area contributed by atoms with Crippen LogP contribution in [0.15, 0.2) is 22.7 Å². The molecule has 0 bridgehead atoms. The molecular weight excluding hydrogens is 238 g/mol. The molecule has 0 fully saturated rings. The lowest BCUT2D eigenvalue weighted by atomic mass is 10.1. The van der Waals surface area contributed by atoms with Crippen LogP contribution in [-0.2, 0) is 0 Å². The smallest absolute Gasteiger partial charge is 0.374 e. The number of fused-ring (bicyclic) bond motifs is 1. The van der Waals surface area contributed by atoms with E-state index in [-0.39, 0.29) is 12.6 Å². The van der Waals surface area contributed by atoms with E-state index >= 15 is 0 Å². The molecule has 3 rings (SSSR count). The number of benzene rings is 1. The molecule has 1 aliphatic heterocycles. The van der Waals surface area contributed by atoms with Crippen LogP contribution in [0.2, 0.25) is 0 Å². The van der Waals surface area contributed by atoms with Crippen molar-refractivity contribution in [2.45, 2.75) is 6.92 Å². The molecule has 2 heterocycles. The first-order valence-corrected chi connectivity index (χ1v) is 5.26. The molecule has 0 amide bonds. The third-order valence-corrected chi connectivity index (χ3v) is 2.67. The van der Waals surface area contributed by atoms with Gasteiger partial charge in [0.1, 0.15) is 5.69 Å². The van der Waals surface area contributed by atoms with Gasteiger partial charge in [-0.25, -0.2) is 4.79 Å². The molecule has 1 aromatic carbocycles. The summed E-state index contributed by atoms with van der Waals surface area (Å²) in [4.78, 5) is 10.7. The summed E-state index contributed by atoms with van der Waals surface area (Å²) in [6, 6.07) is 4.97. The van der Waals surface area contributed by atoms with E-state index in [1.807, 2.05) is 13.0 Å². The quantitative estimate of drug-likeness (QED) is 0.874.